The van der Waals surface area contributed by atoms with Crippen LogP contribution in [0, 0.1) is 0 Å². The third-order valence-electron chi connectivity index (χ3n) is 8.36. The second-order valence-electron chi connectivity index (χ2n) is 12.0. The predicted molar refractivity (Wildman–Crippen MR) is 152 cm³/mol. The Kier molecular flexibility index (Phi) is 6.04. The van der Waals surface area contributed by atoms with E-state index in [-0.39, 0.29) is 36.6 Å². The molecule has 0 spiro atoms. The molecule has 186 valence electrons. The number of benzene rings is 3. The monoisotopic (exact) mass is 482 g/mol. The van der Waals surface area contributed by atoms with Gasteiger partial charge in [0.25, 0.3) is 0 Å². The molecule has 0 unspecified atom stereocenters. The minimum absolute atomic E-state index is 0.352. The first-order valence-corrected chi connectivity index (χ1v) is 12.8. The highest BCUT2D eigenvalue weighted by atomic mass is 16.7. The Morgan fingerprint density at radius 2 is 0.889 bits per heavy atom. The van der Waals surface area contributed by atoms with Gasteiger partial charge in [0, 0.05) is 0 Å². The summed E-state index contributed by atoms with van der Waals surface area (Å²) in [7, 11) is -0.742. The molecular formula is C30H36B2O4. The average molecular weight is 482 g/mol. The van der Waals surface area contributed by atoms with Crippen LogP contribution in [0.4, 0.5) is 0 Å². The van der Waals surface area contributed by atoms with Crippen molar-refractivity contribution in [2.45, 2.75) is 77.8 Å². The standard InChI is InChI=1S/C30H36B2O4/c1-27(2)28(3,4)34-31(33-27)17-15-21-11-9-13-23-19-24-14-10-12-22(26(24)20-25(21)23)16-18-32-35-29(5,6)30(7,8)36-32/h9-20H,1-8H3/b17-15+,18-16+. The second kappa shape index (κ2) is 8.59. The molecule has 0 N–H and O–H groups in total. The fourth-order valence-electron chi connectivity index (χ4n) is 4.69. The lowest BCUT2D eigenvalue weighted by molar-refractivity contribution is 0.00578. The SMILES string of the molecule is CC1(C)OB(/C=C/c2cccc3cc4cccc(/C=C/B5OC(C)(C)C(C)(C)O5)c4cc23)OC1(C)C. The maximum atomic E-state index is 6.16. The molecule has 2 heterocycles. The molecule has 0 aliphatic carbocycles. The van der Waals surface area contributed by atoms with Crippen molar-refractivity contribution in [3.63, 3.8) is 0 Å². The van der Waals surface area contributed by atoms with Crippen LogP contribution >= 0.6 is 0 Å². The van der Waals surface area contributed by atoms with Gasteiger partial charge in [-0.3, -0.25) is 0 Å². The quantitative estimate of drug-likeness (QED) is 0.289. The van der Waals surface area contributed by atoms with Crippen molar-refractivity contribution in [2.24, 2.45) is 0 Å². The molecular weight excluding hydrogens is 446 g/mol. The van der Waals surface area contributed by atoms with E-state index in [0.29, 0.717) is 0 Å². The second-order valence-corrected chi connectivity index (χ2v) is 12.0. The van der Waals surface area contributed by atoms with Gasteiger partial charge in [0.1, 0.15) is 0 Å². The highest BCUT2D eigenvalue weighted by molar-refractivity contribution is 6.53. The van der Waals surface area contributed by atoms with Crippen molar-refractivity contribution in [3.05, 3.63) is 71.6 Å². The summed E-state index contributed by atoms with van der Waals surface area (Å²) in [4.78, 5) is 0. The number of rotatable bonds is 4. The molecule has 6 heteroatoms. The Bertz CT molecular complexity index is 1240. The van der Waals surface area contributed by atoms with Crippen molar-refractivity contribution in [2.75, 3.05) is 0 Å². The van der Waals surface area contributed by atoms with E-state index in [1.54, 1.807) is 0 Å². The molecule has 0 saturated carbocycles. The van der Waals surface area contributed by atoms with Gasteiger partial charge in [-0.2, -0.15) is 0 Å². The van der Waals surface area contributed by atoms with E-state index in [4.69, 9.17) is 18.6 Å². The zero-order chi connectivity index (χ0) is 25.9. The topological polar surface area (TPSA) is 36.9 Å². The lowest BCUT2D eigenvalue weighted by Gasteiger charge is -2.32. The molecule has 0 aromatic heterocycles. The Hall–Kier alpha value is -2.37. The molecule has 2 fully saturated rings. The molecule has 0 bridgehead atoms. The van der Waals surface area contributed by atoms with Crippen LogP contribution in [0.25, 0.3) is 33.7 Å². The molecule has 0 radical (unpaired) electrons. The van der Waals surface area contributed by atoms with Crippen molar-refractivity contribution in [1.82, 2.24) is 0 Å². The summed E-state index contributed by atoms with van der Waals surface area (Å²) in [6, 6.07) is 17.3. The zero-order valence-electron chi connectivity index (χ0n) is 22.7. The van der Waals surface area contributed by atoms with E-state index in [1.165, 1.54) is 21.5 Å². The minimum Gasteiger partial charge on any atom is -0.400 e. The van der Waals surface area contributed by atoms with E-state index >= 15 is 0 Å². The molecule has 3 aromatic carbocycles. The van der Waals surface area contributed by atoms with Gasteiger partial charge in [0.05, 0.1) is 22.4 Å². The molecule has 2 aliphatic heterocycles. The van der Waals surface area contributed by atoms with Crippen molar-refractivity contribution in [1.29, 1.82) is 0 Å². The minimum atomic E-state index is -0.371. The van der Waals surface area contributed by atoms with E-state index in [9.17, 15) is 0 Å². The van der Waals surface area contributed by atoms with Crippen LogP contribution in [0.15, 0.2) is 60.5 Å². The van der Waals surface area contributed by atoms with E-state index in [0.717, 1.165) is 11.1 Å². The van der Waals surface area contributed by atoms with E-state index in [2.05, 4.69) is 116 Å². The van der Waals surface area contributed by atoms with Gasteiger partial charge in [-0.15, -0.1) is 0 Å². The highest BCUT2D eigenvalue weighted by Crippen LogP contribution is 2.38. The first kappa shape index (κ1) is 25.3. The van der Waals surface area contributed by atoms with Crippen LogP contribution in [0.2, 0.25) is 0 Å². The Morgan fingerprint density at radius 3 is 1.25 bits per heavy atom. The Balaban J connectivity index is 1.48. The normalized spacial score (nSPS) is 22.6. The number of hydrogen-bond donors (Lipinski definition) is 0. The van der Waals surface area contributed by atoms with E-state index < -0.39 is 0 Å². The van der Waals surface area contributed by atoms with Crippen LogP contribution in [-0.2, 0) is 18.6 Å². The van der Waals surface area contributed by atoms with Gasteiger partial charge in [-0.25, -0.2) is 0 Å². The first-order chi connectivity index (χ1) is 16.8. The van der Waals surface area contributed by atoms with Crippen molar-refractivity contribution >= 4 is 47.9 Å². The third kappa shape index (κ3) is 4.45. The summed E-state index contributed by atoms with van der Waals surface area (Å²) in [5, 5.41) is 4.78. The van der Waals surface area contributed by atoms with E-state index in [1.807, 2.05) is 12.0 Å². The van der Waals surface area contributed by atoms with Crippen LogP contribution in [0.3, 0.4) is 0 Å². The fourth-order valence-corrected chi connectivity index (χ4v) is 4.69. The Morgan fingerprint density at radius 1 is 0.528 bits per heavy atom. The van der Waals surface area contributed by atoms with Gasteiger partial charge in [0.15, 0.2) is 0 Å². The predicted octanol–water partition coefficient (Wildman–Crippen LogP) is 7.28. The number of fused-ring (bicyclic) bond motifs is 2. The lowest BCUT2D eigenvalue weighted by atomic mass is 9.87. The lowest BCUT2D eigenvalue weighted by Crippen LogP contribution is -2.41. The summed E-state index contributed by atoms with van der Waals surface area (Å²) in [5.41, 5.74) is 0.859. The molecule has 0 atom stereocenters. The van der Waals surface area contributed by atoms with Crippen LogP contribution in [-0.4, -0.2) is 36.6 Å². The van der Waals surface area contributed by atoms with Crippen molar-refractivity contribution in [3.8, 4) is 0 Å². The van der Waals surface area contributed by atoms with Crippen LogP contribution in [0.1, 0.15) is 66.5 Å². The fraction of sp³-hybridized carbons (Fsp3) is 0.400. The molecule has 2 aliphatic rings. The molecule has 2 saturated heterocycles. The van der Waals surface area contributed by atoms with Crippen LogP contribution in [0.5, 0.6) is 0 Å². The van der Waals surface area contributed by atoms with Gasteiger partial charge < -0.3 is 18.6 Å². The summed E-state index contributed by atoms with van der Waals surface area (Å²) < 4.78 is 24.6. The summed E-state index contributed by atoms with van der Waals surface area (Å²) in [6.45, 7) is 16.6. The summed E-state index contributed by atoms with van der Waals surface area (Å²) in [6.07, 6.45) is 4.22. The largest absolute Gasteiger partial charge is 0.487 e. The third-order valence-corrected chi connectivity index (χ3v) is 8.36. The molecule has 5 rings (SSSR count). The van der Waals surface area contributed by atoms with Gasteiger partial charge in [-0.05, 0) is 100 Å². The van der Waals surface area contributed by atoms with Gasteiger partial charge >= 0.3 is 14.2 Å². The van der Waals surface area contributed by atoms with Gasteiger partial charge in [-0.1, -0.05) is 60.5 Å². The average Bonchev–Trinajstić information content (AvgIpc) is 3.13. The summed E-state index contributed by atoms with van der Waals surface area (Å²) >= 11 is 0. The van der Waals surface area contributed by atoms with Gasteiger partial charge in [0.2, 0.25) is 0 Å². The Labute approximate surface area is 215 Å². The van der Waals surface area contributed by atoms with Crippen molar-refractivity contribution < 1.29 is 18.6 Å². The molecule has 3 aromatic rings. The highest BCUT2D eigenvalue weighted by Gasteiger charge is 2.50. The zero-order valence-corrected chi connectivity index (χ0v) is 22.7. The number of hydrogen-bond acceptors (Lipinski definition) is 4. The van der Waals surface area contributed by atoms with Crippen LogP contribution < -0.4 is 0 Å². The first-order valence-electron chi connectivity index (χ1n) is 12.8. The summed E-state index contributed by atoms with van der Waals surface area (Å²) in [5.74, 6) is 4.03. The smallest absolute Gasteiger partial charge is 0.400 e. The maximum Gasteiger partial charge on any atom is 0.487 e. The maximum absolute atomic E-state index is 6.16. The molecule has 0 amide bonds. The molecule has 4 nitrogen and oxygen atoms in total. The molecule has 36 heavy (non-hydrogen) atoms.